The Kier molecular flexibility index (Phi) is 23.9. The highest BCUT2D eigenvalue weighted by Crippen LogP contribution is 2.41. The minimum absolute atomic E-state index is 0.0130. The number of unbranched alkanes of at least 4 members (excludes halogenated alkanes) is 1. The molecule has 1 amide bonds. The number of hydrogen-bond donors (Lipinski definition) is 1. The lowest BCUT2D eigenvalue weighted by Gasteiger charge is -2.35. The second-order valence-electron chi connectivity index (χ2n) is 23.3. The number of carbonyl (C=O) groups is 4. The molecule has 0 aliphatic carbocycles. The normalized spacial score (nSPS) is 15.5. The summed E-state index contributed by atoms with van der Waals surface area (Å²) in [4.78, 5) is 76.0. The van der Waals surface area contributed by atoms with Gasteiger partial charge in [0.2, 0.25) is 7.37 Å². The van der Waals surface area contributed by atoms with Gasteiger partial charge in [0.25, 0.3) is 0 Å². The quantitative estimate of drug-likeness (QED) is 0.0243. The molecule has 1 saturated heterocycles. The highest BCUT2D eigenvalue weighted by Gasteiger charge is 2.30. The van der Waals surface area contributed by atoms with Gasteiger partial charge in [-0.05, 0) is 120 Å². The maximum Gasteiger partial charge on any atom is 0.407 e. The van der Waals surface area contributed by atoms with Gasteiger partial charge in [-0.3, -0.25) is 19.3 Å². The van der Waals surface area contributed by atoms with Gasteiger partial charge < -0.3 is 37.9 Å². The third-order valence-electron chi connectivity index (χ3n) is 14.0. The summed E-state index contributed by atoms with van der Waals surface area (Å²) in [7, 11) is -9.62. The molecule has 2 atom stereocenters. The Bertz CT molecular complexity index is 3410. The summed E-state index contributed by atoms with van der Waals surface area (Å²) in [5, 5.41) is 2.88. The summed E-state index contributed by atoms with van der Waals surface area (Å²) in [5.74, 6) is -1.80. The largest absolute Gasteiger partial charge is 0.457 e. The average Bonchev–Trinajstić information content (AvgIpc) is 1.65. The number of hydrogen-bond acceptors (Lipinski definition) is 18. The van der Waals surface area contributed by atoms with Crippen LogP contribution in [0.4, 0.5) is 4.79 Å². The Morgan fingerprint density at radius 1 is 0.547 bits per heavy atom. The molecule has 1 fully saturated rings. The van der Waals surface area contributed by atoms with Crippen LogP contribution >= 0.6 is 21.7 Å². The lowest BCUT2D eigenvalue weighted by Crippen LogP contribution is -2.45. The van der Waals surface area contributed by atoms with Crippen molar-refractivity contribution >= 4 is 62.0 Å². The number of nitrogens with one attached hydrogen (secondary N) is 1. The van der Waals surface area contributed by atoms with E-state index in [2.05, 4.69) is 20.0 Å². The minimum atomic E-state index is -3.55. The Morgan fingerprint density at radius 2 is 0.953 bits per heavy atom. The van der Waals surface area contributed by atoms with E-state index in [1.165, 1.54) is 12.7 Å². The van der Waals surface area contributed by atoms with E-state index in [0.29, 0.717) is 75.6 Å². The van der Waals surface area contributed by atoms with Gasteiger partial charge in [0, 0.05) is 71.6 Å². The van der Waals surface area contributed by atoms with E-state index < -0.39 is 51.3 Å². The van der Waals surface area contributed by atoms with Crippen LogP contribution in [0.2, 0.25) is 0 Å². The number of esters is 3. The molecule has 7 rings (SSSR count). The zero-order valence-electron chi connectivity index (χ0n) is 50.9. The van der Waals surface area contributed by atoms with E-state index in [9.17, 15) is 32.9 Å². The van der Waals surface area contributed by atoms with E-state index >= 15 is 0 Å². The van der Waals surface area contributed by atoms with Gasteiger partial charge in [0.05, 0.1) is 40.4 Å². The summed E-state index contributed by atoms with van der Waals surface area (Å²) in [6, 6.07) is 37.3. The standard InChI is InChI=1S/C64H82N7O12P3/c1-10-82-86(9,78)59-39-52(62(74)81-46-49-26-18-13-19-27-49)35-54(68-59)41-70-31-30-69(40-53-34-50(37-57(66-53)84(5,6)76)60(72)79-44-47-22-14-11-15-23-47)32-33-71(56(43-70)28-20-21-29-65-63(75)83-64(2,3)4)42-55-36-51(38-58(67-55)85(7,8)77)61(73)80-45-48-24-16-12-17-25-48/h11-19,22-27,34-39,56H,10,20-21,28-33,40-46H2,1-9H3,(H,65,75)/t56-,86?/m0/s1. The van der Waals surface area contributed by atoms with Crippen LogP contribution in [0.5, 0.6) is 0 Å². The van der Waals surface area contributed by atoms with Gasteiger partial charge in [-0.2, -0.15) is 0 Å². The van der Waals surface area contributed by atoms with E-state index in [-0.39, 0.29) is 85.1 Å². The van der Waals surface area contributed by atoms with Crippen LogP contribution < -0.4 is 21.6 Å². The summed E-state index contributed by atoms with van der Waals surface area (Å²) < 4.78 is 70.7. The number of ether oxygens (including phenoxy) is 4. The number of pyridine rings is 3. The third-order valence-corrected chi connectivity index (χ3v) is 18.5. The Hall–Kier alpha value is -6.68. The number of amides is 1. The van der Waals surface area contributed by atoms with Crippen molar-refractivity contribution in [2.75, 3.05) is 79.2 Å². The fourth-order valence-electron chi connectivity index (χ4n) is 9.62. The number of alkyl carbamates (subject to hydrolysis) is 1. The molecule has 0 radical (unpaired) electrons. The molecule has 0 spiro atoms. The van der Waals surface area contributed by atoms with Crippen LogP contribution in [0.25, 0.3) is 0 Å². The fourth-order valence-corrected chi connectivity index (χ4v) is 12.6. The lowest BCUT2D eigenvalue weighted by atomic mass is 10.1. The summed E-state index contributed by atoms with van der Waals surface area (Å²) in [6.07, 6.45) is 1.35. The first-order chi connectivity index (χ1) is 40.8. The predicted octanol–water partition coefficient (Wildman–Crippen LogP) is 9.89. The predicted molar refractivity (Wildman–Crippen MR) is 335 cm³/mol. The van der Waals surface area contributed by atoms with Crippen LogP contribution in [-0.2, 0) is 76.6 Å². The van der Waals surface area contributed by atoms with Crippen molar-refractivity contribution in [1.82, 2.24) is 35.0 Å². The zero-order valence-corrected chi connectivity index (χ0v) is 53.6. The number of nitrogens with zero attached hydrogens (tertiary/aromatic N) is 6. The molecule has 460 valence electrons. The first kappa shape index (κ1) is 66.8. The number of rotatable bonds is 25. The van der Waals surface area contributed by atoms with Gasteiger partial charge in [0.1, 0.15) is 56.0 Å². The Labute approximate surface area is 506 Å². The molecule has 1 N–H and O–H groups in total. The molecule has 1 unspecified atom stereocenters. The molecule has 86 heavy (non-hydrogen) atoms. The Morgan fingerprint density at radius 3 is 1.40 bits per heavy atom. The molecule has 22 heteroatoms. The molecule has 3 aromatic carbocycles. The van der Waals surface area contributed by atoms with Crippen molar-refractivity contribution in [2.45, 2.75) is 98.1 Å². The second kappa shape index (κ2) is 30.8. The topological polar surface area (TPSA) is 226 Å². The fraction of sp³-hybridized carbons (Fsp3) is 0.422. The van der Waals surface area contributed by atoms with Crippen molar-refractivity contribution in [3.05, 3.63) is 178 Å². The van der Waals surface area contributed by atoms with E-state index in [0.717, 1.165) is 16.7 Å². The van der Waals surface area contributed by atoms with Gasteiger partial charge in [0.15, 0.2) is 0 Å². The van der Waals surface area contributed by atoms with Crippen LogP contribution in [0, 0.1) is 0 Å². The summed E-state index contributed by atoms with van der Waals surface area (Å²) in [6.45, 7) is 18.5. The van der Waals surface area contributed by atoms with Gasteiger partial charge in [-0.1, -0.05) is 97.4 Å². The van der Waals surface area contributed by atoms with Crippen LogP contribution in [0.15, 0.2) is 127 Å². The first-order valence-corrected chi connectivity index (χ1v) is 36.2. The maximum atomic E-state index is 14.2. The third kappa shape index (κ3) is 21.3. The molecular formula is C64H82N7O12P3. The molecule has 6 aromatic rings. The van der Waals surface area contributed by atoms with Crippen molar-refractivity contribution < 1.29 is 56.3 Å². The molecular weight excluding hydrogens is 1150 g/mol. The van der Waals surface area contributed by atoms with Crippen LogP contribution in [-0.4, -0.2) is 144 Å². The molecule has 3 aromatic heterocycles. The summed E-state index contributed by atoms with van der Waals surface area (Å²) >= 11 is 0. The molecule has 4 heterocycles. The molecule has 0 saturated carbocycles. The second-order valence-corrected chi connectivity index (χ2v) is 32.1. The molecule has 19 nitrogen and oxygen atoms in total. The molecule has 1 aliphatic heterocycles. The monoisotopic (exact) mass is 1230 g/mol. The number of benzene rings is 3. The van der Waals surface area contributed by atoms with Gasteiger partial charge >= 0.3 is 24.0 Å². The lowest BCUT2D eigenvalue weighted by molar-refractivity contribution is 0.0463. The van der Waals surface area contributed by atoms with Crippen molar-refractivity contribution in [1.29, 1.82) is 0 Å². The SMILES string of the molecule is CCOP(C)(=O)c1cc(C(=O)OCc2ccccc2)cc(CN2CCN(Cc3cc(C(=O)OCc4ccccc4)cc(P(C)(C)=O)n3)CCN(Cc3cc(C(=O)OCc4ccccc4)cc(P(C)(C)=O)n3)[C@@H](CCCCNC(=O)OC(C)(C)C)C2)n1. The minimum Gasteiger partial charge on any atom is -0.457 e. The van der Waals surface area contributed by atoms with Crippen molar-refractivity contribution in [3.8, 4) is 0 Å². The van der Waals surface area contributed by atoms with E-state index in [4.69, 9.17) is 38.4 Å². The van der Waals surface area contributed by atoms with Crippen molar-refractivity contribution in [2.24, 2.45) is 0 Å². The maximum absolute atomic E-state index is 14.2. The molecule has 0 bridgehead atoms. The summed E-state index contributed by atoms with van der Waals surface area (Å²) in [5.41, 5.74) is 4.43. The molecule has 1 aliphatic rings. The van der Waals surface area contributed by atoms with Crippen molar-refractivity contribution in [3.63, 3.8) is 0 Å². The highest BCUT2D eigenvalue weighted by atomic mass is 31.2. The van der Waals surface area contributed by atoms with E-state index in [1.807, 2.05) is 91.0 Å². The number of aromatic nitrogens is 3. The number of carbonyl (C=O) groups excluding carboxylic acids is 4. The zero-order chi connectivity index (χ0) is 62.1. The van der Waals surface area contributed by atoms with Crippen LogP contribution in [0.3, 0.4) is 0 Å². The van der Waals surface area contributed by atoms with Gasteiger partial charge in [-0.15, -0.1) is 0 Å². The first-order valence-electron chi connectivity index (χ1n) is 29.0. The van der Waals surface area contributed by atoms with E-state index in [1.54, 1.807) is 84.7 Å². The highest BCUT2D eigenvalue weighted by molar-refractivity contribution is 7.70. The average molecular weight is 1230 g/mol. The Balaban J connectivity index is 1.29. The van der Waals surface area contributed by atoms with Crippen LogP contribution in [0.1, 0.15) is 112 Å². The van der Waals surface area contributed by atoms with Gasteiger partial charge in [-0.25, -0.2) is 34.1 Å². The smallest absolute Gasteiger partial charge is 0.407 e.